The summed E-state index contributed by atoms with van der Waals surface area (Å²) in [5.41, 5.74) is 2.86. The number of hydrogen-bond donors (Lipinski definition) is 1. The van der Waals surface area contributed by atoms with Gasteiger partial charge in [-0.3, -0.25) is 14.6 Å². The van der Waals surface area contributed by atoms with Gasteiger partial charge in [0.15, 0.2) is 0 Å². The number of aromatic nitrogens is 1. The minimum Gasteiger partial charge on any atom is -0.353 e. The maximum atomic E-state index is 13.2. The van der Waals surface area contributed by atoms with Crippen LogP contribution in [-0.4, -0.2) is 40.8 Å². The van der Waals surface area contributed by atoms with E-state index in [2.05, 4.69) is 34.6 Å². The van der Waals surface area contributed by atoms with E-state index < -0.39 is 5.41 Å². The quantitative estimate of drug-likeness (QED) is 0.785. The number of nitrogens with one attached hydrogen (secondary N) is 1. The van der Waals surface area contributed by atoms with Gasteiger partial charge in [-0.15, -0.1) is 0 Å². The van der Waals surface area contributed by atoms with Crippen LogP contribution < -0.4 is 5.32 Å². The van der Waals surface area contributed by atoms with Crippen LogP contribution in [0.1, 0.15) is 46.1 Å². The summed E-state index contributed by atoms with van der Waals surface area (Å²) in [5.74, 6) is 0.265. The van der Waals surface area contributed by atoms with E-state index in [4.69, 9.17) is 0 Å². The average Bonchev–Trinajstić information content (AvgIpc) is 2.74. The Morgan fingerprint density at radius 2 is 1.70 bits per heavy atom. The number of rotatable bonds is 6. The molecule has 3 rings (SSSR count). The van der Waals surface area contributed by atoms with Crippen LogP contribution in [0, 0.1) is 11.3 Å². The Morgan fingerprint density at radius 1 is 1.03 bits per heavy atom. The van der Waals surface area contributed by atoms with Crippen LogP contribution in [-0.2, 0) is 16.0 Å². The molecule has 1 N–H and O–H groups in total. The summed E-state index contributed by atoms with van der Waals surface area (Å²) in [6.07, 6.45) is 5.69. The molecule has 160 valence electrons. The molecule has 0 unspecified atom stereocenters. The van der Waals surface area contributed by atoms with Crippen molar-refractivity contribution in [1.29, 1.82) is 0 Å². The van der Waals surface area contributed by atoms with E-state index in [0.717, 1.165) is 16.7 Å². The number of pyridine rings is 1. The first-order chi connectivity index (χ1) is 14.3. The van der Waals surface area contributed by atoms with Crippen LogP contribution in [0.25, 0.3) is 11.1 Å². The topological polar surface area (TPSA) is 62.3 Å². The van der Waals surface area contributed by atoms with E-state index in [1.165, 1.54) is 0 Å². The third-order valence-electron chi connectivity index (χ3n) is 5.92. The molecule has 1 saturated heterocycles. The van der Waals surface area contributed by atoms with Crippen molar-refractivity contribution >= 4 is 11.8 Å². The molecule has 0 atom stereocenters. The Balaban J connectivity index is 1.78. The third kappa shape index (κ3) is 5.07. The van der Waals surface area contributed by atoms with Gasteiger partial charge in [0.2, 0.25) is 11.8 Å². The number of piperidine rings is 1. The SMILES string of the molecule is CC(C)NC(=O)C1(Cc2ccc(-c3cccnc3)cc2)CCN(C(=O)C(C)C)CC1. The molecule has 0 aliphatic carbocycles. The Kier molecular flexibility index (Phi) is 6.91. The van der Waals surface area contributed by atoms with Crippen LogP contribution in [0.2, 0.25) is 0 Å². The zero-order chi connectivity index (χ0) is 21.7. The molecule has 1 aromatic heterocycles. The van der Waals surface area contributed by atoms with E-state index in [1.54, 1.807) is 6.20 Å². The van der Waals surface area contributed by atoms with Crippen molar-refractivity contribution in [2.45, 2.75) is 53.0 Å². The normalized spacial score (nSPS) is 16.0. The zero-order valence-corrected chi connectivity index (χ0v) is 18.5. The standard InChI is InChI=1S/C25H33N3O2/c1-18(2)23(29)28-14-11-25(12-15-28,24(30)27-19(3)4)16-20-7-9-21(10-8-20)22-6-5-13-26-17-22/h5-10,13,17-19H,11-12,14-16H2,1-4H3,(H,27,30). The van der Waals surface area contributed by atoms with E-state index in [1.807, 2.05) is 50.9 Å². The summed E-state index contributed by atoms with van der Waals surface area (Å²) < 4.78 is 0. The van der Waals surface area contributed by atoms with Crippen molar-refractivity contribution in [3.8, 4) is 11.1 Å². The van der Waals surface area contributed by atoms with Crippen molar-refractivity contribution in [3.63, 3.8) is 0 Å². The number of amides is 2. The molecule has 0 saturated carbocycles. The highest BCUT2D eigenvalue weighted by atomic mass is 16.2. The minimum atomic E-state index is -0.478. The lowest BCUT2D eigenvalue weighted by atomic mass is 9.72. The molecule has 2 amide bonds. The van der Waals surface area contributed by atoms with Gasteiger partial charge in [0.1, 0.15) is 0 Å². The van der Waals surface area contributed by atoms with Crippen LogP contribution in [0.4, 0.5) is 0 Å². The number of carbonyl (C=O) groups is 2. The largest absolute Gasteiger partial charge is 0.353 e. The Bertz CT molecular complexity index is 852. The number of carbonyl (C=O) groups excluding carboxylic acids is 2. The second kappa shape index (κ2) is 9.41. The van der Waals surface area contributed by atoms with Crippen molar-refractivity contribution in [1.82, 2.24) is 15.2 Å². The molecule has 5 nitrogen and oxygen atoms in total. The van der Waals surface area contributed by atoms with Crippen LogP contribution >= 0.6 is 0 Å². The highest BCUT2D eigenvalue weighted by molar-refractivity contribution is 5.84. The fourth-order valence-corrected chi connectivity index (χ4v) is 4.16. The van der Waals surface area contributed by atoms with Crippen molar-refractivity contribution in [3.05, 3.63) is 54.4 Å². The molecule has 1 aliphatic heterocycles. The van der Waals surface area contributed by atoms with Crippen molar-refractivity contribution < 1.29 is 9.59 Å². The molecule has 0 spiro atoms. The lowest BCUT2D eigenvalue weighted by Crippen LogP contribution is -2.53. The number of likely N-dealkylation sites (tertiary alicyclic amines) is 1. The maximum absolute atomic E-state index is 13.2. The molecule has 0 radical (unpaired) electrons. The zero-order valence-electron chi connectivity index (χ0n) is 18.5. The summed E-state index contributed by atoms with van der Waals surface area (Å²) in [5, 5.41) is 3.13. The van der Waals surface area contributed by atoms with E-state index in [-0.39, 0.29) is 23.8 Å². The number of hydrogen-bond acceptors (Lipinski definition) is 3. The van der Waals surface area contributed by atoms with Crippen molar-refractivity contribution in [2.75, 3.05) is 13.1 Å². The van der Waals surface area contributed by atoms with E-state index in [0.29, 0.717) is 32.4 Å². The van der Waals surface area contributed by atoms with Crippen molar-refractivity contribution in [2.24, 2.45) is 11.3 Å². The highest BCUT2D eigenvalue weighted by Crippen LogP contribution is 2.36. The summed E-state index contributed by atoms with van der Waals surface area (Å²) >= 11 is 0. The maximum Gasteiger partial charge on any atom is 0.226 e. The monoisotopic (exact) mass is 407 g/mol. The predicted octanol–water partition coefficient (Wildman–Crippen LogP) is 4.08. The molecule has 5 heteroatoms. The molecule has 30 heavy (non-hydrogen) atoms. The lowest BCUT2D eigenvalue weighted by molar-refractivity contribution is -0.142. The van der Waals surface area contributed by atoms with Gasteiger partial charge in [-0.05, 0) is 55.9 Å². The Hall–Kier alpha value is -2.69. The minimum absolute atomic E-state index is 0.0120. The molecule has 0 bridgehead atoms. The van der Waals surface area contributed by atoms with Gasteiger partial charge in [0, 0.05) is 37.4 Å². The van der Waals surface area contributed by atoms with Gasteiger partial charge in [-0.2, -0.15) is 0 Å². The molecule has 2 aromatic rings. The van der Waals surface area contributed by atoms with Crippen LogP contribution in [0.3, 0.4) is 0 Å². The third-order valence-corrected chi connectivity index (χ3v) is 5.92. The van der Waals surface area contributed by atoms with Gasteiger partial charge in [-0.25, -0.2) is 0 Å². The summed E-state index contributed by atoms with van der Waals surface area (Å²) in [4.78, 5) is 31.7. The number of nitrogens with zero attached hydrogens (tertiary/aromatic N) is 2. The first-order valence-electron chi connectivity index (χ1n) is 10.9. The molecule has 2 heterocycles. The smallest absolute Gasteiger partial charge is 0.226 e. The first-order valence-corrected chi connectivity index (χ1v) is 10.9. The van der Waals surface area contributed by atoms with E-state index in [9.17, 15) is 9.59 Å². The Labute approximate surface area is 179 Å². The van der Waals surface area contributed by atoms with Crippen LogP contribution in [0.5, 0.6) is 0 Å². The van der Waals surface area contributed by atoms with Crippen LogP contribution in [0.15, 0.2) is 48.8 Å². The molecule has 1 aliphatic rings. The fourth-order valence-electron chi connectivity index (χ4n) is 4.16. The Morgan fingerprint density at radius 3 is 2.23 bits per heavy atom. The summed E-state index contributed by atoms with van der Waals surface area (Å²) in [7, 11) is 0. The van der Waals surface area contributed by atoms with Gasteiger partial charge >= 0.3 is 0 Å². The van der Waals surface area contributed by atoms with Gasteiger partial charge < -0.3 is 10.2 Å². The summed E-state index contributed by atoms with van der Waals surface area (Å²) in [6.45, 7) is 9.11. The predicted molar refractivity (Wildman–Crippen MR) is 120 cm³/mol. The van der Waals surface area contributed by atoms with E-state index >= 15 is 0 Å². The molecular formula is C25H33N3O2. The lowest BCUT2D eigenvalue weighted by Gasteiger charge is -2.41. The van der Waals surface area contributed by atoms with Gasteiger partial charge in [0.25, 0.3) is 0 Å². The summed E-state index contributed by atoms with van der Waals surface area (Å²) in [6, 6.07) is 12.5. The molecule has 1 fully saturated rings. The first kappa shape index (κ1) is 22.0. The van der Waals surface area contributed by atoms with Gasteiger partial charge in [0.05, 0.1) is 5.41 Å². The molecule has 1 aromatic carbocycles. The fraction of sp³-hybridized carbons (Fsp3) is 0.480. The highest BCUT2D eigenvalue weighted by Gasteiger charge is 2.42. The second-order valence-electron chi connectivity index (χ2n) is 9.00. The van der Waals surface area contributed by atoms with Gasteiger partial charge in [-0.1, -0.05) is 44.2 Å². The second-order valence-corrected chi connectivity index (χ2v) is 9.00. The average molecular weight is 408 g/mol. The number of benzene rings is 1. The molecular weight excluding hydrogens is 374 g/mol.